The molecule has 0 saturated heterocycles. The fraction of sp³-hybridized carbons (Fsp3) is 0. The minimum absolute atomic E-state index is 0.0919. The first-order valence-electron chi connectivity index (χ1n) is 5.37. The van der Waals surface area contributed by atoms with Crippen LogP contribution in [0.3, 0.4) is 0 Å². The van der Waals surface area contributed by atoms with Gasteiger partial charge in [-0.3, -0.25) is 4.98 Å². The highest BCUT2D eigenvalue weighted by atomic mass is 35.5. The van der Waals surface area contributed by atoms with Crippen LogP contribution in [0.2, 0.25) is 10.0 Å². The van der Waals surface area contributed by atoms with Crippen molar-refractivity contribution in [3.8, 4) is 0 Å². The number of sulfonamides is 1. The van der Waals surface area contributed by atoms with Crippen molar-refractivity contribution in [2.75, 3.05) is 0 Å². The van der Waals surface area contributed by atoms with Crippen LogP contribution in [0.1, 0.15) is 5.69 Å². The highest BCUT2D eigenvalue weighted by molar-refractivity contribution is 7.90. The molecule has 104 valence electrons. The van der Waals surface area contributed by atoms with Crippen molar-refractivity contribution in [1.29, 1.82) is 0 Å². The van der Waals surface area contributed by atoms with Gasteiger partial charge in [0.05, 0.1) is 14.9 Å². The fourth-order valence-electron chi connectivity index (χ4n) is 1.38. The zero-order chi connectivity index (χ0) is 14.8. The Morgan fingerprint density at radius 1 is 1.15 bits per heavy atom. The topological polar surface area (TPSA) is 85.4 Å². The molecule has 0 fully saturated rings. The second kappa shape index (κ2) is 5.78. The molecule has 0 saturated carbocycles. The molecule has 1 aromatic carbocycles. The summed E-state index contributed by atoms with van der Waals surface area (Å²) in [5, 5.41) is 0.381. The number of pyridine rings is 1. The largest absolute Gasteiger partial charge is 0.381 e. The van der Waals surface area contributed by atoms with E-state index in [1.165, 1.54) is 24.4 Å². The van der Waals surface area contributed by atoms with Crippen molar-refractivity contribution in [1.82, 2.24) is 4.98 Å². The Bertz CT molecular complexity index is 762. The zero-order valence-electron chi connectivity index (χ0n) is 9.99. The molecule has 2 aromatic rings. The summed E-state index contributed by atoms with van der Waals surface area (Å²) in [6, 6.07) is 8.82. The van der Waals surface area contributed by atoms with E-state index in [4.69, 9.17) is 28.9 Å². The number of amidine groups is 1. The summed E-state index contributed by atoms with van der Waals surface area (Å²) in [6.45, 7) is 0. The van der Waals surface area contributed by atoms with Gasteiger partial charge in [0.25, 0.3) is 10.0 Å². The van der Waals surface area contributed by atoms with Crippen molar-refractivity contribution in [3.05, 3.63) is 58.3 Å². The van der Waals surface area contributed by atoms with Gasteiger partial charge in [0.15, 0.2) is 5.84 Å². The van der Waals surface area contributed by atoms with Crippen LogP contribution < -0.4 is 5.73 Å². The molecule has 2 N–H and O–H groups in total. The van der Waals surface area contributed by atoms with Crippen molar-refractivity contribution in [3.63, 3.8) is 0 Å². The predicted molar refractivity (Wildman–Crippen MR) is 78.6 cm³/mol. The van der Waals surface area contributed by atoms with Crippen molar-refractivity contribution in [2.24, 2.45) is 10.1 Å². The summed E-state index contributed by atoms with van der Waals surface area (Å²) < 4.78 is 27.7. The Kier molecular flexibility index (Phi) is 4.27. The molecule has 20 heavy (non-hydrogen) atoms. The van der Waals surface area contributed by atoms with Crippen molar-refractivity contribution in [2.45, 2.75) is 4.90 Å². The van der Waals surface area contributed by atoms with Crippen molar-refractivity contribution >= 4 is 39.1 Å². The van der Waals surface area contributed by atoms with Crippen LogP contribution in [0.25, 0.3) is 0 Å². The van der Waals surface area contributed by atoms with E-state index in [9.17, 15) is 8.42 Å². The highest BCUT2D eigenvalue weighted by Crippen LogP contribution is 2.25. The standard InChI is InChI=1S/C12H9Cl2N3O2S/c13-9-5-4-8(7-10(9)14)20(18,19)17-12(15)11-3-1-2-6-16-11/h1-7H,(H2,15,17). The molecule has 2 rings (SSSR count). The smallest absolute Gasteiger partial charge is 0.284 e. The Labute approximate surface area is 126 Å². The predicted octanol–water partition coefficient (Wildman–Crippen LogP) is 2.48. The molecule has 1 aromatic heterocycles. The monoisotopic (exact) mass is 329 g/mol. The lowest BCUT2D eigenvalue weighted by atomic mass is 10.3. The van der Waals surface area contributed by atoms with Gasteiger partial charge in [-0.15, -0.1) is 4.40 Å². The number of nitrogens with two attached hydrogens (primary N) is 1. The quantitative estimate of drug-likeness (QED) is 0.692. The lowest BCUT2D eigenvalue weighted by Crippen LogP contribution is -2.17. The minimum Gasteiger partial charge on any atom is -0.381 e. The number of hydrogen-bond acceptors (Lipinski definition) is 3. The molecule has 0 bridgehead atoms. The molecular weight excluding hydrogens is 321 g/mol. The van der Waals surface area contributed by atoms with E-state index < -0.39 is 10.0 Å². The van der Waals surface area contributed by atoms with Gasteiger partial charge in [0.2, 0.25) is 0 Å². The first-order valence-corrected chi connectivity index (χ1v) is 7.56. The zero-order valence-corrected chi connectivity index (χ0v) is 12.3. The number of nitrogens with zero attached hydrogens (tertiary/aromatic N) is 2. The van der Waals surface area contributed by atoms with Gasteiger partial charge < -0.3 is 5.73 Å². The van der Waals surface area contributed by atoms with Crippen LogP contribution >= 0.6 is 23.2 Å². The molecule has 1 heterocycles. The SMILES string of the molecule is N/C(=N\S(=O)(=O)c1ccc(Cl)c(Cl)c1)c1ccccn1. The number of rotatable bonds is 3. The lowest BCUT2D eigenvalue weighted by Gasteiger charge is -2.03. The molecule has 0 atom stereocenters. The van der Waals surface area contributed by atoms with E-state index >= 15 is 0 Å². The van der Waals surface area contributed by atoms with Crippen molar-refractivity contribution < 1.29 is 8.42 Å². The van der Waals surface area contributed by atoms with Crippen LogP contribution in [0, 0.1) is 0 Å². The summed E-state index contributed by atoms with van der Waals surface area (Å²) in [5.74, 6) is -0.198. The Morgan fingerprint density at radius 2 is 1.90 bits per heavy atom. The van der Waals surface area contributed by atoms with Gasteiger partial charge in [-0.25, -0.2) is 0 Å². The van der Waals surface area contributed by atoms with E-state index in [1.807, 2.05) is 0 Å². The van der Waals surface area contributed by atoms with E-state index in [-0.39, 0.29) is 26.5 Å². The third kappa shape index (κ3) is 3.27. The molecule has 0 radical (unpaired) electrons. The average Bonchev–Trinajstić information content (AvgIpc) is 2.42. The van der Waals surface area contributed by atoms with Gasteiger partial charge in [0.1, 0.15) is 5.69 Å². The maximum Gasteiger partial charge on any atom is 0.284 e. The number of hydrogen-bond donors (Lipinski definition) is 1. The minimum atomic E-state index is -3.97. The Hall–Kier alpha value is -1.63. The first kappa shape index (κ1) is 14.8. The number of aromatic nitrogens is 1. The van der Waals surface area contributed by atoms with Gasteiger partial charge in [-0.2, -0.15) is 8.42 Å². The first-order chi connectivity index (χ1) is 9.40. The van der Waals surface area contributed by atoms with E-state index in [2.05, 4.69) is 9.38 Å². The summed E-state index contributed by atoms with van der Waals surface area (Å²) in [4.78, 5) is 3.83. The van der Waals surface area contributed by atoms with E-state index in [1.54, 1.807) is 18.2 Å². The van der Waals surface area contributed by atoms with Gasteiger partial charge in [-0.05, 0) is 30.3 Å². The maximum atomic E-state index is 12.1. The Morgan fingerprint density at radius 3 is 2.50 bits per heavy atom. The molecule has 5 nitrogen and oxygen atoms in total. The molecule has 0 spiro atoms. The van der Waals surface area contributed by atoms with Gasteiger partial charge in [0, 0.05) is 6.20 Å². The molecule has 0 amide bonds. The fourth-order valence-corrected chi connectivity index (χ4v) is 2.71. The maximum absolute atomic E-state index is 12.1. The summed E-state index contributed by atoms with van der Waals surface area (Å²) in [6.07, 6.45) is 1.49. The molecule has 0 aliphatic rings. The van der Waals surface area contributed by atoms with Crippen LogP contribution in [0.5, 0.6) is 0 Å². The Balaban J connectivity index is 2.43. The normalized spacial score (nSPS) is 12.4. The third-order valence-corrected chi connectivity index (χ3v) is 4.36. The molecule has 0 aliphatic carbocycles. The third-order valence-electron chi connectivity index (χ3n) is 2.33. The van der Waals surface area contributed by atoms with Gasteiger partial charge in [-0.1, -0.05) is 29.3 Å². The van der Waals surface area contributed by atoms with Crippen LogP contribution in [-0.2, 0) is 10.0 Å². The highest BCUT2D eigenvalue weighted by Gasteiger charge is 2.16. The summed E-state index contributed by atoms with van der Waals surface area (Å²) in [5.41, 5.74) is 5.91. The number of benzene rings is 1. The van der Waals surface area contributed by atoms with Crippen LogP contribution in [0.15, 0.2) is 51.9 Å². The average molecular weight is 330 g/mol. The lowest BCUT2D eigenvalue weighted by molar-refractivity contribution is 0.598. The van der Waals surface area contributed by atoms with Crippen LogP contribution in [0.4, 0.5) is 0 Å². The van der Waals surface area contributed by atoms with E-state index in [0.717, 1.165) is 0 Å². The molecule has 0 unspecified atom stereocenters. The molecule has 0 aliphatic heterocycles. The summed E-state index contributed by atoms with van der Waals surface area (Å²) in [7, 11) is -3.97. The molecule has 8 heteroatoms. The van der Waals surface area contributed by atoms with Crippen LogP contribution in [-0.4, -0.2) is 19.2 Å². The van der Waals surface area contributed by atoms with Gasteiger partial charge >= 0.3 is 0 Å². The second-order valence-corrected chi connectivity index (χ2v) is 6.16. The number of halogens is 2. The summed E-state index contributed by atoms with van der Waals surface area (Å²) >= 11 is 11.5. The molecular formula is C12H9Cl2N3O2S. The second-order valence-electron chi connectivity index (χ2n) is 3.74. The van der Waals surface area contributed by atoms with E-state index in [0.29, 0.717) is 0 Å².